The summed E-state index contributed by atoms with van der Waals surface area (Å²) >= 11 is 0. The number of hydrogen-bond acceptors (Lipinski definition) is 9. The Labute approximate surface area is 118 Å². The molecule has 116 valence electrons. The minimum atomic E-state index is -0.744. The van der Waals surface area contributed by atoms with E-state index in [1.54, 1.807) is 0 Å². The minimum Gasteiger partial charge on any atom is -0.463 e. The molecule has 1 aromatic rings. The van der Waals surface area contributed by atoms with Crippen LogP contribution in [-0.2, 0) is 30.5 Å². The number of nitro groups is 1. The van der Waals surface area contributed by atoms with Gasteiger partial charge in [0.1, 0.15) is 19.3 Å². The van der Waals surface area contributed by atoms with E-state index in [-0.39, 0.29) is 19.9 Å². The fourth-order valence-electron chi connectivity index (χ4n) is 1.18. The first kappa shape index (κ1) is 16.5. The molecule has 0 bridgehead atoms. The molecule has 0 aliphatic heterocycles. The van der Waals surface area contributed by atoms with Gasteiger partial charge in [-0.05, 0) is 4.92 Å². The van der Waals surface area contributed by atoms with Crippen molar-refractivity contribution < 1.29 is 28.7 Å². The van der Waals surface area contributed by atoms with Gasteiger partial charge in [0.15, 0.2) is 6.73 Å². The standard InChI is InChI=1S/C10H14N4O7/c1-7(15)19-3-9(4-20-8(2)16)21-6-13-5-11-10(12-13)14(17)18/h5,9H,3-4,6H2,1-2H3. The maximum absolute atomic E-state index is 10.8. The number of rotatable bonds is 8. The second-order valence-electron chi connectivity index (χ2n) is 3.86. The second-order valence-corrected chi connectivity index (χ2v) is 3.86. The van der Waals surface area contributed by atoms with Crippen molar-refractivity contribution in [3.63, 3.8) is 0 Å². The fourth-order valence-corrected chi connectivity index (χ4v) is 1.18. The van der Waals surface area contributed by atoms with Crippen LogP contribution in [0, 0.1) is 10.1 Å². The van der Waals surface area contributed by atoms with Crippen molar-refractivity contribution in [1.82, 2.24) is 14.8 Å². The normalized spacial score (nSPS) is 10.4. The lowest BCUT2D eigenvalue weighted by molar-refractivity contribution is -0.394. The van der Waals surface area contributed by atoms with E-state index in [0.29, 0.717) is 0 Å². The van der Waals surface area contributed by atoms with Crippen molar-refractivity contribution in [3.8, 4) is 0 Å². The van der Waals surface area contributed by atoms with Crippen LogP contribution in [-0.4, -0.2) is 50.9 Å². The number of carbonyl (C=O) groups excluding carboxylic acids is 2. The van der Waals surface area contributed by atoms with E-state index in [2.05, 4.69) is 10.1 Å². The number of esters is 2. The molecule has 0 amide bonds. The quantitative estimate of drug-likeness (QED) is 0.358. The average Bonchev–Trinajstić information content (AvgIpc) is 2.86. The fraction of sp³-hybridized carbons (Fsp3) is 0.600. The molecule has 11 nitrogen and oxygen atoms in total. The Balaban J connectivity index is 2.51. The maximum atomic E-state index is 10.8. The monoisotopic (exact) mass is 302 g/mol. The van der Waals surface area contributed by atoms with Crippen molar-refractivity contribution in [2.45, 2.75) is 26.7 Å². The van der Waals surface area contributed by atoms with E-state index in [1.807, 2.05) is 0 Å². The summed E-state index contributed by atoms with van der Waals surface area (Å²) in [4.78, 5) is 34.6. The first-order valence-electron chi connectivity index (χ1n) is 5.80. The number of ether oxygens (including phenoxy) is 3. The van der Waals surface area contributed by atoms with Crippen LogP contribution in [0.4, 0.5) is 5.95 Å². The topological polar surface area (TPSA) is 136 Å². The van der Waals surface area contributed by atoms with Crippen LogP contribution in [0.25, 0.3) is 0 Å². The van der Waals surface area contributed by atoms with E-state index in [1.165, 1.54) is 13.8 Å². The Morgan fingerprint density at radius 2 is 1.90 bits per heavy atom. The lowest BCUT2D eigenvalue weighted by atomic mass is 10.4. The Morgan fingerprint density at radius 1 is 1.33 bits per heavy atom. The van der Waals surface area contributed by atoms with Crippen molar-refractivity contribution in [3.05, 3.63) is 16.4 Å². The zero-order valence-electron chi connectivity index (χ0n) is 11.4. The largest absolute Gasteiger partial charge is 0.491 e. The maximum Gasteiger partial charge on any atom is 0.491 e. The van der Waals surface area contributed by atoms with Gasteiger partial charge in [-0.2, -0.15) is 0 Å². The molecule has 0 unspecified atom stereocenters. The summed E-state index contributed by atoms with van der Waals surface area (Å²) < 4.78 is 15.9. The molecule has 1 heterocycles. The highest BCUT2D eigenvalue weighted by Crippen LogP contribution is 2.02. The van der Waals surface area contributed by atoms with Gasteiger partial charge >= 0.3 is 17.9 Å². The zero-order valence-corrected chi connectivity index (χ0v) is 11.4. The molecular formula is C10H14N4O7. The molecule has 0 fully saturated rings. The van der Waals surface area contributed by atoms with Gasteiger partial charge in [-0.25, -0.2) is 0 Å². The van der Waals surface area contributed by atoms with Gasteiger partial charge in [-0.1, -0.05) is 4.98 Å². The van der Waals surface area contributed by atoms with E-state index < -0.39 is 28.9 Å². The molecule has 0 aliphatic rings. The molecule has 11 heteroatoms. The van der Waals surface area contributed by atoms with Crippen LogP contribution in [0.1, 0.15) is 13.8 Å². The van der Waals surface area contributed by atoms with Gasteiger partial charge in [0.2, 0.25) is 6.33 Å². The van der Waals surface area contributed by atoms with Gasteiger partial charge in [-0.3, -0.25) is 9.59 Å². The summed E-state index contributed by atoms with van der Waals surface area (Å²) in [7, 11) is 0. The van der Waals surface area contributed by atoms with Gasteiger partial charge in [0.05, 0.1) is 0 Å². The summed E-state index contributed by atoms with van der Waals surface area (Å²) in [6.45, 7) is 2.03. The summed E-state index contributed by atoms with van der Waals surface area (Å²) in [5.74, 6) is -1.58. The van der Waals surface area contributed by atoms with Crippen LogP contribution in [0.3, 0.4) is 0 Å². The molecule has 1 rings (SSSR count). The van der Waals surface area contributed by atoms with Gasteiger partial charge in [-0.15, -0.1) is 4.68 Å². The highest BCUT2D eigenvalue weighted by Gasteiger charge is 2.17. The molecule has 0 N–H and O–H groups in total. The summed E-state index contributed by atoms with van der Waals surface area (Å²) in [6, 6.07) is 0. The van der Waals surface area contributed by atoms with Crippen molar-refractivity contribution in [2.75, 3.05) is 13.2 Å². The highest BCUT2D eigenvalue weighted by molar-refractivity contribution is 5.66. The Bertz CT molecular complexity index is 497. The van der Waals surface area contributed by atoms with Crippen LogP contribution < -0.4 is 0 Å². The van der Waals surface area contributed by atoms with E-state index in [4.69, 9.17) is 14.2 Å². The molecule has 0 radical (unpaired) electrons. The van der Waals surface area contributed by atoms with Gasteiger partial charge in [0.25, 0.3) is 0 Å². The molecule has 0 atom stereocenters. The molecule has 0 aromatic carbocycles. The number of carbonyl (C=O) groups is 2. The summed E-state index contributed by atoms with van der Waals surface area (Å²) in [6.07, 6.45) is 0.397. The van der Waals surface area contributed by atoms with Gasteiger partial charge < -0.3 is 24.3 Å². The smallest absolute Gasteiger partial charge is 0.463 e. The number of hydrogen-bond donors (Lipinski definition) is 0. The first-order valence-corrected chi connectivity index (χ1v) is 5.80. The van der Waals surface area contributed by atoms with Crippen LogP contribution in [0.2, 0.25) is 0 Å². The lowest BCUT2D eigenvalue weighted by Gasteiger charge is -2.16. The third kappa shape index (κ3) is 6.42. The van der Waals surface area contributed by atoms with Crippen molar-refractivity contribution >= 4 is 17.9 Å². The molecule has 1 aromatic heterocycles. The molecule has 0 spiro atoms. The number of nitrogens with zero attached hydrogens (tertiary/aromatic N) is 4. The minimum absolute atomic E-state index is 0.126. The van der Waals surface area contributed by atoms with E-state index in [0.717, 1.165) is 11.0 Å². The Kier molecular flexibility index (Phi) is 6.20. The predicted octanol–water partition coefficient (Wildman–Crippen LogP) is -0.345. The van der Waals surface area contributed by atoms with Crippen LogP contribution >= 0.6 is 0 Å². The Morgan fingerprint density at radius 3 is 2.33 bits per heavy atom. The van der Waals surface area contributed by atoms with E-state index >= 15 is 0 Å². The predicted molar refractivity (Wildman–Crippen MR) is 64.8 cm³/mol. The average molecular weight is 302 g/mol. The first-order chi connectivity index (χ1) is 9.88. The second kappa shape index (κ2) is 7.89. The van der Waals surface area contributed by atoms with Crippen molar-refractivity contribution in [1.29, 1.82) is 0 Å². The van der Waals surface area contributed by atoms with Crippen LogP contribution in [0.15, 0.2) is 6.33 Å². The summed E-state index contributed by atoms with van der Waals surface area (Å²) in [5.41, 5.74) is 0. The number of aromatic nitrogens is 3. The highest BCUT2D eigenvalue weighted by atomic mass is 16.6. The molecule has 0 aliphatic carbocycles. The third-order valence-corrected chi connectivity index (χ3v) is 2.08. The molecule has 0 saturated heterocycles. The molecule has 0 saturated carbocycles. The van der Waals surface area contributed by atoms with E-state index in [9.17, 15) is 19.7 Å². The zero-order chi connectivity index (χ0) is 15.8. The molecule has 21 heavy (non-hydrogen) atoms. The summed E-state index contributed by atoms with van der Waals surface area (Å²) in [5, 5.41) is 14.0. The Hall–Kier alpha value is -2.56. The van der Waals surface area contributed by atoms with Gasteiger partial charge in [0, 0.05) is 18.9 Å². The molecular weight excluding hydrogens is 288 g/mol. The van der Waals surface area contributed by atoms with Crippen LogP contribution in [0.5, 0.6) is 0 Å². The van der Waals surface area contributed by atoms with Crippen molar-refractivity contribution in [2.24, 2.45) is 0 Å². The lowest BCUT2D eigenvalue weighted by Crippen LogP contribution is -2.28. The third-order valence-electron chi connectivity index (χ3n) is 2.08. The SMILES string of the molecule is CC(=O)OCC(COC(C)=O)OCn1cnc([N+](=O)[O-])n1.